The molecular formula is C13H10ClN3O4S. The van der Waals surface area contributed by atoms with Crippen molar-refractivity contribution in [3.05, 3.63) is 57.8 Å². The Bertz CT molecular complexity index is 979. The van der Waals surface area contributed by atoms with Gasteiger partial charge in [0.1, 0.15) is 4.90 Å². The third-order valence-electron chi connectivity index (χ3n) is 2.98. The van der Waals surface area contributed by atoms with Crippen molar-refractivity contribution in [1.29, 1.82) is 0 Å². The van der Waals surface area contributed by atoms with E-state index in [0.29, 0.717) is 5.52 Å². The number of benzene rings is 1. The number of aromatic nitrogens is 2. The second-order valence-corrected chi connectivity index (χ2v) is 6.62. The second-order valence-electron chi connectivity index (χ2n) is 4.47. The van der Waals surface area contributed by atoms with Crippen LogP contribution in [0.1, 0.15) is 5.56 Å². The summed E-state index contributed by atoms with van der Waals surface area (Å²) in [7, 11) is -3.85. The molecule has 3 aromatic rings. The Kier molecular flexibility index (Phi) is 3.73. The van der Waals surface area contributed by atoms with E-state index in [0.717, 1.165) is 5.56 Å². The van der Waals surface area contributed by atoms with Crippen LogP contribution in [0.5, 0.6) is 0 Å². The van der Waals surface area contributed by atoms with Crippen molar-refractivity contribution in [3.8, 4) is 0 Å². The Morgan fingerprint density at radius 2 is 2.00 bits per heavy atom. The highest BCUT2D eigenvalue weighted by molar-refractivity contribution is 7.89. The molecule has 0 saturated heterocycles. The van der Waals surface area contributed by atoms with Gasteiger partial charge in [0.15, 0.2) is 5.58 Å². The molecule has 7 nitrogen and oxygen atoms in total. The fourth-order valence-electron chi connectivity index (χ4n) is 1.91. The van der Waals surface area contributed by atoms with Crippen LogP contribution in [-0.2, 0) is 16.6 Å². The molecule has 2 aromatic heterocycles. The van der Waals surface area contributed by atoms with Crippen LogP contribution in [-0.4, -0.2) is 18.4 Å². The van der Waals surface area contributed by atoms with E-state index in [-0.39, 0.29) is 22.0 Å². The summed E-state index contributed by atoms with van der Waals surface area (Å²) in [5.41, 5.74) is 1.21. The van der Waals surface area contributed by atoms with Crippen molar-refractivity contribution in [2.24, 2.45) is 0 Å². The number of hydrogen-bond donors (Lipinski definition) is 2. The van der Waals surface area contributed by atoms with Crippen molar-refractivity contribution in [2.75, 3.05) is 0 Å². The lowest BCUT2D eigenvalue weighted by Gasteiger charge is -2.08. The Hall–Kier alpha value is -2.16. The number of nitrogens with zero attached hydrogens (tertiary/aromatic N) is 1. The van der Waals surface area contributed by atoms with Gasteiger partial charge in [-0.3, -0.25) is 9.97 Å². The number of halogens is 1. The molecule has 0 fully saturated rings. The Balaban J connectivity index is 1.94. The van der Waals surface area contributed by atoms with Crippen molar-refractivity contribution in [3.63, 3.8) is 0 Å². The molecule has 0 saturated carbocycles. The summed E-state index contributed by atoms with van der Waals surface area (Å²) >= 11 is 5.99. The Morgan fingerprint density at radius 3 is 2.73 bits per heavy atom. The molecule has 0 unspecified atom stereocenters. The fourth-order valence-corrected chi connectivity index (χ4v) is 3.47. The predicted octanol–water partition coefficient (Wildman–Crippen LogP) is 1.65. The molecule has 2 N–H and O–H groups in total. The van der Waals surface area contributed by atoms with Crippen LogP contribution in [0, 0.1) is 0 Å². The zero-order chi connectivity index (χ0) is 15.7. The second kappa shape index (κ2) is 5.56. The summed E-state index contributed by atoms with van der Waals surface area (Å²) < 4.78 is 32.0. The summed E-state index contributed by atoms with van der Waals surface area (Å²) in [4.78, 5) is 17.2. The van der Waals surface area contributed by atoms with Crippen LogP contribution in [0.3, 0.4) is 0 Å². The predicted molar refractivity (Wildman–Crippen MR) is 80.1 cm³/mol. The third-order valence-corrected chi connectivity index (χ3v) is 4.84. The number of fused-ring (bicyclic) bond motifs is 1. The standard InChI is InChI=1S/C13H10ClN3O4S/c14-9-5-10-11(21-13(18)17-10)6-12(9)22(19,20)16-7-8-1-3-15-4-2-8/h1-6,16H,7H2,(H,17,18). The highest BCUT2D eigenvalue weighted by Gasteiger charge is 2.20. The van der Waals surface area contributed by atoms with Crippen LogP contribution in [0.25, 0.3) is 11.1 Å². The molecule has 0 radical (unpaired) electrons. The first-order chi connectivity index (χ1) is 10.5. The fraction of sp³-hybridized carbons (Fsp3) is 0.0769. The number of rotatable bonds is 4. The van der Waals surface area contributed by atoms with E-state index in [1.807, 2.05) is 0 Å². The smallest absolute Gasteiger partial charge is 0.408 e. The highest BCUT2D eigenvalue weighted by Crippen LogP contribution is 2.26. The number of pyridine rings is 1. The maximum absolute atomic E-state index is 12.3. The van der Waals surface area contributed by atoms with Crippen LogP contribution in [0.15, 0.2) is 50.8 Å². The molecule has 0 aliphatic carbocycles. The first kappa shape index (κ1) is 14.8. The van der Waals surface area contributed by atoms with Crippen LogP contribution in [0.4, 0.5) is 0 Å². The van der Waals surface area contributed by atoms with Gasteiger partial charge in [-0.2, -0.15) is 0 Å². The van der Waals surface area contributed by atoms with E-state index in [1.54, 1.807) is 24.5 Å². The highest BCUT2D eigenvalue weighted by atomic mass is 35.5. The van der Waals surface area contributed by atoms with Crippen LogP contribution < -0.4 is 10.5 Å². The first-order valence-corrected chi connectivity index (χ1v) is 8.03. The van der Waals surface area contributed by atoms with Gasteiger partial charge in [-0.1, -0.05) is 11.6 Å². The average Bonchev–Trinajstić information content (AvgIpc) is 2.84. The molecule has 0 aliphatic rings. The van der Waals surface area contributed by atoms with Gasteiger partial charge in [-0.15, -0.1) is 0 Å². The van der Waals surface area contributed by atoms with Gasteiger partial charge in [0.2, 0.25) is 10.0 Å². The first-order valence-electron chi connectivity index (χ1n) is 6.17. The number of nitrogens with one attached hydrogen (secondary N) is 2. The summed E-state index contributed by atoms with van der Waals surface area (Å²) in [5, 5.41) is -0.00761. The topological polar surface area (TPSA) is 105 Å². The van der Waals surface area contributed by atoms with Crippen molar-refractivity contribution < 1.29 is 12.8 Å². The maximum Gasteiger partial charge on any atom is 0.417 e. The Labute approximate surface area is 130 Å². The lowest BCUT2D eigenvalue weighted by atomic mass is 10.3. The minimum absolute atomic E-state index is 0.00761. The number of sulfonamides is 1. The largest absolute Gasteiger partial charge is 0.417 e. The summed E-state index contributed by atoms with van der Waals surface area (Å²) in [6, 6.07) is 5.93. The van der Waals surface area contributed by atoms with Crippen LogP contribution in [0.2, 0.25) is 5.02 Å². The molecular weight excluding hydrogens is 330 g/mol. The van der Waals surface area contributed by atoms with E-state index < -0.39 is 15.8 Å². The number of hydrogen-bond acceptors (Lipinski definition) is 5. The lowest BCUT2D eigenvalue weighted by Crippen LogP contribution is -2.23. The molecule has 0 amide bonds. The summed E-state index contributed by atoms with van der Waals surface area (Å²) in [5.74, 6) is -0.676. The van der Waals surface area contributed by atoms with Crippen molar-refractivity contribution in [1.82, 2.24) is 14.7 Å². The summed E-state index contributed by atoms with van der Waals surface area (Å²) in [6.07, 6.45) is 3.13. The number of oxazole rings is 1. The molecule has 114 valence electrons. The molecule has 22 heavy (non-hydrogen) atoms. The lowest BCUT2D eigenvalue weighted by molar-refractivity contribution is 0.553. The molecule has 2 heterocycles. The van der Waals surface area contributed by atoms with Crippen LogP contribution >= 0.6 is 11.6 Å². The maximum atomic E-state index is 12.3. The Morgan fingerprint density at radius 1 is 1.27 bits per heavy atom. The monoisotopic (exact) mass is 339 g/mol. The average molecular weight is 340 g/mol. The minimum atomic E-state index is -3.85. The minimum Gasteiger partial charge on any atom is -0.408 e. The van der Waals surface area contributed by atoms with E-state index in [9.17, 15) is 13.2 Å². The molecule has 0 spiro atoms. The number of aromatic amines is 1. The quantitative estimate of drug-likeness (QED) is 0.752. The van der Waals surface area contributed by atoms with Gasteiger partial charge in [-0.25, -0.2) is 17.9 Å². The molecule has 1 aromatic carbocycles. The van der Waals surface area contributed by atoms with Gasteiger partial charge in [0, 0.05) is 25.0 Å². The van der Waals surface area contributed by atoms with Gasteiger partial charge >= 0.3 is 5.76 Å². The summed E-state index contributed by atoms with van der Waals surface area (Å²) in [6.45, 7) is 0.0936. The molecule has 0 aliphatic heterocycles. The zero-order valence-electron chi connectivity index (χ0n) is 11.0. The van der Waals surface area contributed by atoms with Gasteiger partial charge in [0.25, 0.3) is 0 Å². The molecule has 0 atom stereocenters. The molecule has 3 rings (SSSR count). The van der Waals surface area contributed by atoms with Gasteiger partial charge in [0.05, 0.1) is 10.5 Å². The number of H-pyrrole nitrogens is 1. The SMILES string of the molecule is O=c1[nH]c2cc(Cl)c(S(=O)(=O)NCc3ccncc3)cc2o1. The van der Waals surface area contributed by atoms with E-state index in [4.69, 9.17) is 16.0 Å². The molecule has 9 heteroatoms. The third kappa shape index (κ3) is 2.89. The zero-order valence-corrected chi connectivity index (χ0v) is 12.6. The van der Waals surface area contributed by atoms with Crippen molar-refractivity contribution >= 4 is 32.7 Å². The van der Waals surface area contributed by atoms with Gasteiger partial charge < -0.3 is 4.42 Å². The normalized spacial score (nSPS) is 11.9. The van der Waals surface area contributed by atoms with E-state index in [2.05, 4.69) is 14.7 Å². The van der Waals surface area contributed by atoms with Gasteiger partial charge in [-0.05, 0) is 23.8 Å². The molecule has 0 bridgehead atoms. The van der Waals surface area contributed by atoms with E-state index >= 15 is 0 Å². The van der Waals surface area contributed by atoms with Crippen molar-refractivity contribution in [2.45, 2.75) is 11.4 Å². The van der Waals surface area contributed by atoms with E-state index in [1.165, 1.54) is 12.1 Å².